The maximum Gasteiger partial charge on any atom is 0.177 e. The van der Waals surface area contributed by atoms with Crippen LogP contribution in [0.4, 0.5) is 0 Å². The van der Waals surface area contributed by atoms with E-state index in [0.29, 0.717) is 6.42 Å². The molecule has 0 aromatic carbocycles. The molecule has 2 atom stereocenters. The predicted molar refractivity (Wildman–Crippen MR) is 53.5 cm³/mol. The highest BCUT2D eigenvalue weighted by Crippen LogP contribution is 2.51. The molecular weight excluding hydrogens is 242 g/mol. The molecule has 5 heteroatoms. The van der Waals surface area contributed by atoms with Crippen LogP contribution in [-0.2, 0) is 4.74 Å². The zero-order chi connectivity index (χ0) is 9.41. The first kappa shape index (κ1) is 11.2. The van der Waals surface area contributed by atoms with Crippen molar-refractivity contribution in [2.45, 2.75) is 34.0 Å². The van der Waals surface area contributed by atoms with Crippen LogP contribution in [0.25, 0.3) is 0 Å². The summed E-state index contributed by atoms with van der Waals surface area (Å²) in [7, 11) is 1.49. The van der Waals surface area contributed by atoms with E-state index in [9.17, 15) is 0 Å². The van der Waals surface area contributed by atoms with Crippen molar-refractivity contribution in [2.75, 3.05) is 7.11 Å². The molecule has 0 bridgehead atoms. The Morgan fingerprint density at radius 1 is 1.33 bits per heavy atom. The van der Waals surface area contributed by atoms with Crippen molar-refractivity contribution in [1.29, 1.82) is 0 Å². The lowest BCUT2D eigenvalue weighted by molar-refractivity contribution is 0.0260. The molecule has 1 fully saturated rings. The second-order valence-corrected chi connectivity index (χ2v) is 5.44. The van der Waals surface area contributed by atoms with Gasteiger partial charge in [0.05, 0.1) is 5.38 Å². The number of ether oxygens (including phenoxy) is 1. The van der Waals surface area contributed by atoms with Gasteiger partial charge in [-0.25, -0.2) is 0 Å². The molecule has 0 aliphatic heterocycles. The molecule has 0 saturated heterocycles. The van der Waals surface area contributed by atoms with Gasteiger partial charge in [0.15, 0.2) is 9.39 Å². The maximum atomic E-state index is 6.08. The number of rotatable bonds is 1. The molecule has 0 N–H and O–H groups in total. The van der Waals surface area contributed by atoms with Gasteiger partial charge >= 0.3 is 0 Å². The van der Waals surface area contributed by atoms with Crippen LogP contribution in [0.3, 0.4) is 0 Å². The van der Waals surface area contributed by atoms with Crippen molar-refractivity contribution < 1.29 is 4.74 Å². The van der Waals surface area contributed by atoms with Gasteiger partial charge in [-0.3, -0.25) is 0 Å². The molecule has 0 spiro atoms. The van der Waals surface area contributed by atoms with Crippen LogP contribution in [0.5, 0.6) is 0 Å². The van der Waals surface area contributed by atoms with Crippen LogP contribution in [-0.4, -0.2) is 21.9 Å². The predicted octanol–water partition coefficient (Wildman–Crippen LogP) is 3.53. The van der Waals surface area contributed by atoms with Gasteiger partial charge in [-0.15, -0.1) is 11.6 Å². The van der Waals surface area contributed by atoms with E-state index in [1.54, 1.807) is 0 Å². The summed E-state index contributed by atoms with van der Waals surface area (Å²) in [5.74, 6) is 0. The van der Waals surface area contributed by atoms with E-state index in [-0.39, 0.29) is 5.38 Å². The molecule has 1 aliphatic rings. The number of methoxy groups -OCH3 is 1. The quantitative estimate of drug-likeness (QED) is 0.648. The third kappa shape index (κ3) is 1.67. The van der Waals surface area contributed by atoms with Crippen molar-refractivity contribution in [2.24, 2.45) is 0 Å². The lowest BCUT2D eigenvalue weighted by Gasteiger charge is -2.43. The van der Waals surface area contributed by atoms with Crippen molar-refractivity contribution in [3.05, 3.63) is 0 Å². The topological polar surface area (TPSA) is 9.23 Å². The van der Waals surface area contributed by atoms with Gasteiger partial charge in [0.1, 0.15) is 0 Å². The maximum absolute atomic E-state index is 6.08. The lowest BCUT2D eigenvalue weighted by Crippen LogP contribution is -2.52. The Bertz CT molecular complexity index is 170. The first-order valence-electron chi connectivity index (χ1n) is 3.70. The fourth-order valence-electron chi connectivity index (χ4n) is 1.33. The Kier molecular flexibility index (Phi) is 3.45. The third-order valence-electron chi connectivity index (χ3n) is 2.17. The summed E-state index contributed by atoms with van der Waals surface area (Å²) in [5, 5.41) is -1.40. The smallest absolute Gasteiger partial charge is 0.177 e. The first-order chi connectivity index (χ1) is 5.44. The highest BCUT2D eigenvalue weighted by atomic mass is 35.5. The Morgan fingerprint density at radius 3 is 2.33 bits per heavy atom. The first-order valence-corrected chi connectivity index (χ1v) is 5.27. The minimum Gasteiger partial charge on any atom is -0.360 e. The molecule has 1 rings (SSSR count). The van der Waals surface area contributed by atoms with E-state index >= 15 is 0 Å². The van der Waals surface area contributed by atoms with E-state index < -0.39 is 9.39 Å². The zero-order valence-electron chi connectivity index (χ0n) is 6.62. The van der Waals surface area contributed by atoms with Crippen molar-refractivity contribution in [3.63, 3.8) is 0 Å². The lowest BCUT2D eigenvalue weighted by atomic mass is 9.95. The number of hydrogen-bond donors (Lipinski definition) is 0. The number of alkyl halides is 4. The molecule has 1 aliphatic carbocycles. The molecule has 0 radical (unpaired) electrons. The number of hydrogen-bond acceptors (Lipinski definition) is 1. The largest absolute Gasteiger partial charge is 0.360 e. The van der Waals surface area contributed by atoms with Crippen LogP contribution in [0.15, 0.2) is 0 Å². The normalized spacial score (nSPS) is 41.2. The van der Waals surface area contributed by atoms with Gasteiger partial charge in [-0.1, -0.05) is 34.8 Å². The Morgan fingerprint density at radius 2 is 1.92 bits per heavy atom. The van der Waals surface area contributed by atoms with Crippen LogP contribution >= 0.6 is 46.4 Å². The minimum atomic E-state index is -1.21. The highest BCUT2D eigenvalue weighted by Gasteiger charge is 2.55. The molecule has 0 aromatic heterocycles. The Hall–Kier alpha value is 1.12. The van der Waals surface area contributed by atoms with Gasteiger partial charge < -0.3 is 4.74 Å². The molecule has 0 heterocycles. The summed E-state index contributed by atoms with van der Waals surface area (Å²) in [4.78, 5) is 0. The van der Waals surface area contributed by atoms with Crippen molar-refractivity contribution >= 4 is 46.4 Å². The average Bonchev–Trinajstić information content (AvgIpc) is 2.01. The third-order valence-corrected chi connectivity index (χ3v) is 4.91. The summed E-state index contributed by atoms with van der Waals surface area (Å²) in [6.45, 7) is 0. The Labute approximate surface area is 92.2 Å². The van der Waals surface area contributed by atoms with Crippen LogP contribution in [0.2, 0.25) is 0 Å². The van der Waals surface area contributed by atoms with Gasteiger partial charge in [-0.05, 0) is 19.3 Å². The van der Waals surface area contributed by atoms with Gasteiger partial charge in [0.25, 0.3) is 0 Å². The summed E-state index contributed by atoms with van der Waals surface area (Å²) in [6, 6.07) is 0. The molecule has 72 valence electrons. The second-order valence-electron chi connectivity index (χ2n) is 2.92. The summed E-state index contributed by atoms with van der Waals surface area (Å²) in [6.07, 6.45) is 2.28. The standard InChI is InChI=1S/C7H10Cl4O/c1-12-6(9)4-2-3-5(8)7(6,10)11/h5H,2-4H2,1H3. The molecule has 12 heavy (non-hydrogen) atoms. The molecule has 0 amide bonds. The van der Waals surface area contributed by atoms with Gasteiger partial charge in [0.2, 0.25) is 0 Å². The summed E-state index contributed by atoms with van der Waals surface area (Å²) in [5.41, 5.74) is 0. The Balaban J connectivity index is 2.86. The summed E-state index contributed by atoms with van der Waals surface area (Å²) >= 11 is 24.0. The fourth-order valence-corrected chi connectivity index (χ4v) is 2.54. The van der Waals surface area contributed by atoms with Crippen LogP contribution < -0.4 is 0 Å². The monoisotopic (exact) mass is 250 g/mol. The summed E-state index contributed by atoms with van der Waals surface area (Å²) < 4.78 is 3.88. The van der Waals surface area contributed by atoms with E-state index in [4.69, 9.17) is 51.1 Å². The van der Waals surface area contributed by atoms with Crippen molar-refractivity contribution in [1.82, 2.24) is 0 Å². The van der Waals surface area contributed by atoms with Crippen molar-refractivity contribution in [3.8, 4) is 0 Å². The fraction of sp³-hybridized carbons (Fsp3) is 1.00. The van der Waals surface area contributed by atoms with Gasteiger partial charge in [0, 0.05) is 7.11 Å². The number of halogens is 4. The zero-order valence-corrected chi connectivity index (χ0v) is 9.64. The SMILES string of the molecule is COC1(Cl)CCCC(Cl)C1(Cl)Cl. The molecule has 1 nitrogen and oxygen atoms in total. The average molecular weight is 252 g/mol. The minimum absolute atomic E-state index is 0.355. The van der Waals surface area contributed by atoms with Crippen LogP contribution in [0.1, 0.15) is 19.3 Å². The van der Waals surface area contributed by atoms with E-state index in [2.05, 4.69) is 0 Å². The molecule has 2 unspecified atom stereocenters. The highest BCUT2D eigenvalue weighted by molar-refractivity contribution is 6.56. The van der Waals surface area contributed by atoms with E-state index in [1.165, 1.54) is 7.11 Å². The molecular formula is C7H10Cl4O. The van der Waals surface area contributed by atoms with E-state index in [1.807, 2.05) is 0 Å². The molecule has 1 saturated carbocycles. The second kappa shape index (κ2) is 3.70. The molecule has 0 aromatic rings. The van der Waals surface area contributed by atoms with Crippen LogP contribution in [0, 0.1) is 0 Å². The van der Waals surface area contributed by atoms with E-state index in [0.717, 1.165) is 12.8 Å². The van der Waals surface area contributed by atoms with Gasteiger partial charge in [-0.2, -0.15) is 0 Å².